The highest BCUT2D eigenvalue weighted by Gasteiger charge is 2.12. The van der Waals surface area contributed by atoms with Gasteiger partial charge in [0, 0.05) is 5.56 Å². The molecule has 0 fully saturated rings. The summed E-state index contributed by atoms with van der Waals surface area (Å²) < 4.78 is 5.98. The topological polar surface area (TPSA) is 13.1 Å². The Kier molecular flexibility index (Phi) is 3.32. The van der Waals surface area contributed by atoms with Gasteiger partial charge in [-0.15, -0.1) is 0 Å². The van der Waals surface area contributed by atoms with E-state index in [0.717, 1.165) is 10.2 Å². The molecule has 2 aromatic rings. The molecule has 0 amide bonds. The molecular weight excluding hydrogens is 320 g/mol. The van der Waals surface area contributed by atoms with Gasteiger partial charge in [0.25, 0.3) is 0 Å². The van der Waals surface area contributed by atoms with Gasteiger partial charge in [0.15, 0.2) is 4.67 Å². The maximum Gasteiger partial charge on any atom is 0.169 e. The third kappa shape index (κ3) is 2.52. The van der Waals surface area contributed by atoms with Crippen molar-refractivity contribution in [1.29, 1.82) is 0 Å². The number of rotatable bonds is 2. The molecule has 78 valence electrons. The van der Waals surface area contributed by atoms with Gasteiger partial charge in [0.05, 0.1) is 11.1 Å². The van der Waals surface area contributed by atoms with E-state index in [2.05, 4.69) is 63.0 Å². The van der Waals surface area contributed by atoms with Crippen molar-refractivity contribution in [2.75, 3.05) is 0 Å². The van der Waals surface area contributed by atoms with Crippen LogP contribution in [0.1, 0.15) is 21.5 Å². The van der Waals surface area contributed by atoms with E-state index >= 15 is 0 Å². The monoisotopic (exact) mass is 328 g/mol. The van der Waals surface area contributed by atoms with Crippen LogP contribution in [-0.2, 0) is 0 Å². The highest BCUT2D eigenvalue weighted by atomic mass is 79.9. The predicted molar refractivity (Wildman–Crippen MR) is 68.4 cm³/mol. The lowest BCUT2D eigenvalue weighted by molar-refractivity contribution is 0.539. The molecule has 0 N–H and O–H groups in total. The Balaban J connectivity index is 2.28. The number of aryl methyl sites for hydroxylation is 1. The zero-order valence-electron chi connectivity index (χ0n) is 8.21. The lowest BCUT2D eigenvalue weighted by Crippen LogP contribution is -1.90. The lowest BCUT2D eigenvalue weighted by atomic mass is 10.1. The fourth-order valence-corrected chi connectivity index (χ4v) is 2.29. The quantitative estimate of drug-likeness (QED) is 0.719. The summed E-state index contributed by atoms with van der Waals surface area (Å²) in [4.78, 5) is 0.188. The zero-order chi connectivity index (χ0) is 10.8. The van der Waals surface area contributed by atoms with Crippen LogP contribution in [0, 0.1) is 6.92 Å². The summed E-state index contributed by atoms with van der Waals surface area (Å²) in [5.41, 5.74) is 3.62. The van der Waals surface area contributed by atoms with Crippen LogP contribution < -0.4 is 0 Å². The first-order valence-electron chi connectivity index (χ1n) is 4.61. The van der Waals surface area contributed by atoms with Gasteiger partial charge in [-0.05, 0) is 34.5 Å². The van der Waals surface area contributed by atoms with Crippen molar-refractivity contribution in [2.45, 2.75) is 11.8 Å². The Morgan fingerprint density at radius 1 is 1.13 bits per heavy atom. The van der Waals surface area contributed by atoms with Crippen molar-refractivity contribution < 1.29 is 4.42 Å². The van der Waals surface area contributed by atoms with Crippen molar-refractivity contribution in [3.63, 3.8) is 0 Å². The maximum absolute atomic E-state index is 5.22. The van der Waals surface area contributed by atoms with E-state index in [0.29, 0.717) is 0 Å². The molecule has 1 atom stereocenters. The highest BCUT2D eigenvalue weighted by Crippen LogP contribution is 2.33. The first-order valence-corrected chi connectivity index (χ1v) is 6.32. The van der Waals surface area contributed by atoms with Gasteiger partial charge in [-0.1, -0.05) is 45.8 Å². The highest BCUT2D eigenvalue weighted by molar-refractivity contribution is 9.10. The van der Waals surface area contributed by atoms with Crippen LogP contribution in [-0.4, -0.2) is 0 Å². The van der Waals surface area contributed by atoms with Gasteiger partial charge < -0.3 is 4.42 Å². The minimum atomic E-state index is 0.188. The largest absolute Gasteiger partial charge is 0.457 e. The summed E-state index contributed by atoms with van der Waals surface area (Å²) in [5, 5.41) is 0. The second-order valence-corrected chi connectivity index (χ2v) is 5.15. The molecule has 0 bridgehead atoms. The fourth-order valence-electron chi connectivity index (χ4n) is 1.38. The van der Waals surface area contributed by atoms with Crippen LogP contribution in [0.2, 0.25) is 0 Å². The summed E-state index contributed by atoms with van der Waals surface area (Å²) >= 11 is 6.95. The number of alkyl halides is 1. The normalized spacial score (nSPS) is 12.7. The van der Waals surface area contributed by atoms with E-state index < -0.39 is 0 Å². The van der Waals surface area contributed by atoms with Crippen LogP contribution in [0.4, 0.5) is 0 Å². The van der Waals surface area contributed by atoms with Gasteiger partial charge in [-0.3, -0.25) is 0 Å². The van der Waals surface area contributed by atoms with Gasteiger partial charge in [0.2, 0.25) is 0 Å². The van der Waals surface area contributed by atoms with E-state index in [1.54, 1.807) is 6.26 Å². The average molecular weight is 330 g/mol. The van der Waals surface area contributed by atoms with Crippen LogP contribution in [0.5, 0.6) is 0 Å². The Labute approximate surface area is 106 Å². The van der Waals surface area contributed by atoms with Gasteiger partial charge >= 0.3 is 0 Å². The van der Waals surface area contributed by atoms with Crippen molar-refractivity contribution in [2.24, 2.45) is 0 Å². The molecule has 0 aliphatic rings. The standard InChI is InChI=1S/C12H10Br2O/c1-8-2-4-9(5-3-8)12(14)10-6-11(13)15-7-10/h2-7,12H,1H3. The number of halogens is 2. The van der Waals surface area contributed by atoms with E-state index in [9.17, 15) is 0 Å². The Morgan fingerprint density at radius 3 is 2.33 bits per heavy atom. The Bertz CT molecular complexity index is 445. The van der Waals surface area contributed by atoms with E-state index in [1.807, 2.05) is 6.07 Å². The number of benzene rings is 1. The zero-order valence-corrected chi connectivity index (χ0v) is 11.4. The summed E-state index contributed by atoms with van der Waals surface area (Å²) in [6, 6.07) is 10.4. The summed E-state index contributed by atoms with van der Waals surface area (Å²) in [7, 11) is 0. The molecule has 15 heavy (non-hydrogen) atoms. The van der Waals surface area contributed by atoms with E-state index in [1.165, 1.54) is 11.1 Å². The van der Waals surface area contributed by atoms with Crippen molar-refractivity contribution in [3.8, 4) is 0 Å². The number of hydrogen-bond donors (Lipinski definition) is 0. The molecule has 0 aliphatic carbocycles. The molecule has 1 unspecified atom stereocenters. The van der Waals surface area contributed by atoms with Gasteiger partial charge in [0.1, 0.15) is 0 Å². The first-order chi connectivity index (χ1) is 7.16. The van der Waals surface area contributed by atoms with Crippen molar-refractivity contribution >= 4 is 31.9 Å². The lowest BCUT2D eigenvalue weighted by Gasteiger charge is -2.07. The van der Waals surface area contributed by atoms with E-state index in [-0.39, 0.29) is 4.83 Å². The fraction of sp³-hybridized carbons (Fsp3) is 0.167. The molecule has 1 aromatic heterocycles. The van der Waals surface area contributed by atoms with Crippen LogP contribution in [0.3, 0.4) is 0 Å². The maximum atomic E-state index is 5.22. The third-order valence-corrected chi connectivity index (χ3v) is 3.72. The van der Waals surface area contributed by atoms with Crippen LogP contribution >= 0.6 is 31.9 Å². The second kappa shape index (κ2) is 4.54. The second-order valence-electron chi connectivity index (χ2n) is 3.46. The Morgan fingerprint density at radius 2 is 1.80 bits per heavy atom. The molecule has 3 heteroatoms. The summed E-state index contributed by atoms with van der Waals surface area (Å²) in [6.45, 7) is 2.08. The van der Waals surface area contributed by atoms with Crippen molar-refractivity contribution in [1.82, 2.24) is 0 Å². The minimum Gasteiger partial charge on any atom is -0.457 e. The molecule has 1 heterocycles. The Hall–Kier alpha value is -0.540. The first kappa shape index (κ1) is 11.0. The smallest absolute Gasteiger partial charge is 0.169 e. The SMILES string of the molecule is Cc1ccc(C(Br)c2coc(Br)c2)cc1. The molecule has 0 saturated heterocycles. The summed E-state index contributed by atoms with van der Waals surface area (Å²) in [6.07, 6.45) is 1.75. The molecule has 0 saturated carbocycles. The molecule has 0 radical (unpaired) electrons. The summed E-state index contributed by atoms with van der Waals surface area (Å²) in [5.74, 6) is 0. The molecule has 0 spiro atoms. The third-order valence-electron chi connectivity index (χ3n) is 2.25. The molecule has 0 aliphatic heterocycles. The average Bonchev–Trinajstić information content (AvgIpc) is 2.65. The van der Waals surface area contributed by atoms with Gasteiger partial charge in [-0.2, -0.15) is 0 Å². The molecule has 1 aromatic carbocycles. The van der Waals surface area contributed by atoms with Gasteiger partial charge in [-0.25, -0.2) is 0 Å². The molecule has 1 nitrogen and oxygen atoms in total. The van der Waals surface area contributed by atoms with Crippen LogP contribution in [0.25, 0.3) is 0 Å². The van der Waals surface area contributed by atoms with Crippen molar-refractivity contribution in [3.05, 3.63) is 58.0 Å². The molecule has 2 rings (SSSR count). The minimum absolute atomic E-state index is 0.188. The van der Waals surface area contributed by atoms with Crippen LogP contribution in [0.15, 0.2) is 45.7 Å². The molecular formula is C12H10Br2O. The number of furan rings is 1. The van der Waals surface area contributed by atoms with E-state index in [4.69, 9.17) is 4.42 Å². The number of hydrogen-bond acceptors (Lipinski definition) is 1. The predicted octanol–water partition coefficient (Wildman–Crippen LogP) is 4.83.